The van der Waals surface area contributed by atoms with Crippen molar-refractivity contribution in [2.45, 2.75) is 19.3 Å². The van der Waals surface area contributed by atoms with E-state index in [2.05, 4.69) is 35.5 Å². The second kappa shape index (κ2) is 4.67. The largest absolute Gasteiger partial charge is 0.373 e. The van der Waals surface area contributed by atoms with E-state index in [4.69, 9.17) is 0 Å². The first-order valence-corrected chi connectivity index (χ1v) is 5.79. The number of nitrogens with zero attached hydrogens (tertiary/aromatic N) is 1. The molecule has 82 valence electrons. The molecule has 0 saturated carbocycles. The molecular weight excluding hydrogens is 184 g/mol. The number of hydrogen-bond acceptors (Lipinski definition) is 2. The van der Waals surface area contributed by atoms with Crippen LogP contribution >= 0.6 is 0 Å². The minimum absolute atomic E-state index is 1.04. The second-order valence-corrected chi connectivity index (χ2v) is 4.33. The molecule has 2 heteroatoms. The Bertz CT molecular complexity index is 333. The fourth-order valence-corrected chi connectivity index (χ4v) is 2.20. The van der Waals surface area contributed by atoms with E-state index in [1.807, 2.05) is 7.05 Å². The summed E-state index contributed by atoms with van der Waals surface area (Å²) in [6.07, 6.45) is 3.87. The summed E-state index contributed by atoms with van der Waals surface area (Å²) < 4.78 is 0. The van der Waals surface area contributed by atoms with Crippen molar-refractivity contribution >= 4 is 5.69 Å². The predicted molar refractivity (Wildman–Crippen MR) is 65.7 cm³/mol. The molecule has 1 aromatic carbocycles. The van der Waals surface area contributed by atoms with Crippen LogP contribution in [0.5, 0.6) is 0 Å². The van der Waals surface area contributed by atoms with Crippen molar-refractivity contribution in [3.8, 4) is 0 Å². The molecule has 2 rings (SSSR count). The average molecular weight is 204 g/mol. The molecule has 0 heterocycles. The minimum atomic E-state index is 1.04. The molecule has 1 N–H and O–H groups in total. The molecule has 1 aliphatic rings. The zero-order valence-corrected chi connectivity index (χ0v) is 9.71. The number of anilines is 1. The lowest BCUT2D eigenvalue weighted by Gasteiger charge is -2.20. The Morgan fingerprint density at radius 3 is 2.87 bits per heavy atom. The van der Waals surface area contributed by atoms with E-state index in [1.165, 1.54) is 24.9 Å². The first-order valence-electron chi connectivity index (χ1n) is 5.79. The Kier molecular flexibility index (Phi) is 3.27. The van der Waals surface area contributed by atoms with Crippen molar-refractivity contribution in [2.75, 3.05) is 32.1 Å². The zero-order valence-electron chi connectivity index (χ0n) is 9.71. The van der Waals surface area contributed by atoms with Gasteiger partial charge in [-0.3, -0.25) is 0 Å². The van der Waals surface area contributed by atoms with Crippen molar-refractivity contribution in [1.29, 1.82) is 0 Å². The summed E-state index contributed by atoms with van der Waals surface area (Å²) in [5.74, 6) is 0. The van der Waals surface area contributed by atoms with Crippen LogP contribution in [-0.2, 0) is 12.8 Å². The van der Waals surface area contributed by atoms with Crippen LogP contribution in [0.4, 0.5) is 5.69 Å². The summed E-state index contributed by atoms with van der Waals surface area (Å²) in [5.41, 5.74) is 4.47. The van der Waals surface area contributed by atoms with E-state index in [-0.39, 0.29) is 0 Å². The Morgan fingerprint density at radius 1 is 1.27 bits per heavy atom. The molecule has 0 aliphatic heterocycles. The summed E-state index contributed by atoms with van der Waals surface area (Å²) in [6, 6.07) is 6.91. The molecule has 0 radical (unpaired) electrons. The lowest BCUT2D eigenvalue weighted by atomic mass is 10.1. The van der Waals surface area contributed by atoms with Gasteiger partial charge in [0.05, 0.1) is 0 Å². The van der Waals surface area contributed by atoms with Gasteiger partial charge in [0.1, 0.15) is 0 Å². The van der Waals surface area contributed by atoms with Crippen molar-refractivity contribution < 1.29 is 0 Å². The lowest BCUT2D eigenvalue weighted by Crippen LogP contribution is -2.27. The monoisotopic (exact) mass is 204 g/mol. The van der Waals surface area contributed by atoms with Crippen molar-refractivity contribution in [3.05, 3.63) is 29.3 Å². The molecule has 0 aromatic heterocycles. The van der Waals surface area contributed by atoms with Crippen molar-refractivity contribution in [1.82, 2.24) is 5.32 Å². The predicted octanol–water partition coefficient (Wildman–Crippen LogP) is 1.83. The van der Waals surface area contributed by atoms with Gasteiger partial charge >= 0.3 is 0 Å². The number of hydrogen-bond donors (Lipinski definition) is 1. The quantitative estimate of drug-likeness (QED) is 0.805. The van der Waals surface area contributed by atoms with Gasteiger partial charge in [-0.25, -0.2) is 0 Å². The highest BCUT2D eigenvalue weighted by atomic mass is 15.1. The van der Waals surface area contributed by atoms with Crippen LogP contribution in [0.3, 0.4) is 0 Å². The Morgan fingerprint density at radius 2 is 2.07 bits per heavy atom. The fourth-order valence-electron chi connectivity index (χ4n) is 2.20. The summed E-state index contributed by atoms with van der Waals surface area (Å²) in [5, 5.41) is 3.18. The number of nitrogens with one attached hydrogen (secondary N) is 1. The van der Waals surface area contributed by atoms with Crippen LogP contribution in [0.25, 0.3) is 0 Å². The third kappa shape index (κ3) is 2.32. The molecule has 0 spiro atoms. The summed E-state index contributed by atoms with van der Waals surface area (Å²) in [7, 11) is 4.16. The lowest BCUT2D eigenvalue weighted by molar-refractivity contribution is 0.767. The van der Waals surface area contributed by atoms with Crippen LogP contribution in [0, 0.1) is 0 Å². The van der Waals surface area contributed by atoms with Crippen molar-refractivity contribution in [3.63, 3.8) is 0 Å². The highest BCUT2D eigenvalue weighted by Gasteiger charge is 2.11. The van der Waals surface area contributed by atoms with Gasteiger partial charge in [-0.1, -0.05) is 6.07 Å². The third-order valence-electron chi connectivity index (χ3n) is 3.22. The van der Waals surface area contributed by atoms with E-state index in [9.17, 15) is 0 Å². The Labute approximate surface area is 92.3 Å². The average Bonchev–Trinajstić information content (AvgIpc) is 2.72. The first-order chi connectivity index (χ1) is 7.31. The molecule has 0 saturated heterocycles. The van der Waals surface area contributed by atoms with Gasteiger partial charge in [0.25, 0.3) is 0 Å². The Hall–Kier alpha value is -1.02. The first kappa shape index (κ1) is 10.5. The van der Waals surface area contributed by atoms with Gasteiger partial charge in [0.15, 0.2) is 0 Å². The molecule has 0 atom stereocenters. The summed E-state index contributed by atoms with van der Waals surface area (Å²) in [6.45, 7) is 2.10. The third-order valence-corrected chi connectivity index (χ3v) is 3.22. The topological polar surface area (TPSA) is 15.3 Å². The van der Waals surface area contributed by atoms with Gasteiger partial charge in [0, 0.05) is 25.8 Å². The second-order valence-electron chi connectivity index (χ2n) is 4.33. The molecular formula is C13H20N2. The molecule has 0 fully saturated rings. The maximum absolute atomic E-state index is 3.18. The molecule has 0 amide bonds. The van der Waals surface area contributed by atoms with Crippen LogP contribution < -0.4 is 10.2 Å². The normalized spacial score (nSPS) is 14.0. The maximum Gasteiger partial charge on any atom is 0.0366 e. The molecule has 2 nitrogen and oxygen atoms in total. The number of likely N-dealkylation sites (N-methyl/N-ethyl adjacent to an activating group) is 2. The molecule has 1 aliphatic carbocycles. The van der Waals surface area contributed by atoms with Crippen LogP contribution in [0.15, 0.2) is 18.2 Å². The van der Waals surface area contributed by atoms with Gasteiger partial charge in [0.2, 0.25) is 0 Å². The van der Waals surface area contributed by atoms with Crippen LogP contribution in [0.1, 0.15) is 17.5 Å². The highest BCUT2D eigenvalue weighted by Crippen LogP contribution is 2.26. The molecule has 0 unspecified atom stereocenters. The minimum Gasteiger partial charge on any atom is -0.373 e. The van der Waals surface area contributed by atoms with E-state index >= 15 is 0 Å². The SMILES string of the molecule is CNCCN(C)c1ccc2c(c1)CCC2. The standard InChI is InChI=1S/C13H20N2/c1-14-8-9-15(2)13-7-6-11-4-3-5-12(11)10-13/h6-7,10,14H,3-5,8-9H2,1-2H3. The zero-order chi connectivity index (χ0) is 10.7. The summed E-state index contributed by atoms with van der Waals surface area (Å²) in [4.78, 5) is 2.31. The Balaban J connectivity index is 2.08. The van der Waals surface area contributed by atoms with Gasteiger partial charge < -0.3 is 10.2 Å². The smallest absolute Gasteiger partial charge is 0.0366 e. The van der Waals surface area contributed by atoms with E-state index in [0.29, 0.717) is 0 Å². The van der Waals surface area contributed by atoms with Gasteiger partial charge in [-0.2, -0.15) is 0 Å². The van der Waals surface area contributed by atoms with Crippen LogP contribution in [-0.4, -0.2) is 27.2 Å². The molecule has 0 bridgehead atoms. The van der Waals surface area contributed by atoms with Crippen LogP contribution in [0.2, 0.25) is 0 Å². The number of fused-ring (bicyclic) bond motifs is 1. The highest BCUT2D eigenvalue weighted by molar-refractivity contribution is 5.51. The number of benzene rings is 1. The van der Waals surface area contributed by atoms with Crippen molar-refractivity contribution in [2.24, 2.45) is 0 Å². The van der Waals surface area contributed by atoms with Gasteiger partial charge in [-0.15, -0.1) is 0 Å². The van der Waals surface area contributed by atoms with E-state index in [0.717, 1.165) is 13.1 Å². The van der Waals surface area contributed by atoms with Gasteiger partial charge in [-0.05, 0) is 49.6 Å². The number of aryl methyl sites for hydroxylation is 2. The summed E-state index contributed by atoms with van der Waals surface area (Å²) >= 11 is 0. The maximum atomic E-state index is 3.18. The molecule has 1 aromatic rings. The van der Waals surface area contributed by atoms with E-state index in [1.54, 1.807) is 11.1 Å². The fraction of sp³-hybridized carbons (Fsp3) is 0.538. The number of rotatable bonds is 4. The van der Waals surface area contributed by atoms with E-state index < -0.39 is 0 Å². The molecule has 15 heavy (non-hydrogen) atoms.